The Bertz CT molecular complexity index is 886. The molecule has 0 bridgehead atoms. The number of anilines is 2. The minimum Gasteiger partial charge on any atom is -0.377 e. The second kappa shape index (κ2) is 23.8. The van der Waals surface area contributed by atoms with Gasteiger partial charge in [-0.2, -0.15) is 0 Å². The third-order valence-electron chi connectivity index (χ3n) is 5.15. The van der Waals surface area contributed by atoms with Gasteiger partial charge < -0.3 is 28.7 Å². The van der Waals surface area contributed by atoms with Crippen LogP contribution in [0.5, 0.6) is 0 Å². The SMILES string of the molecule is Fc1ccccc1N1CCOCCOCCN(c2ccccc2F)CCOCCOCC1.[Ba+2].[O-][Cl+3]([O-])([O-])[O-].[O-][Cl+3]([O-])([O-])[O-]. The Hall–Kier alpha value is -0.429. The summed E-state index contributed by atoms with van der Waals surface area (Å²) in [6, 6.07) is 13.4. The molecule has 0 amide bonds. The van der Waals surface area contributed by atoms with Gasteiger partial charge in [0.05, 0.1) is 64.2 Å². The monoisotopic (exact) mass is 786 g/mol. The van der Waals surface area contributed by atoms with E-state index in [1.807, 2.05) is 21.9 Å². The van der Waals surface area contributed by atoms with Crippen LogP contribution in [-0.4, -0.2) is 128 Å². The van der Waals surface area contributed by atoms with Gasteiger partial charge in [0.15, 0.2) is 0 Å². The molecule has 2 aromatic rings. The molecule has 1 saturated heterocycles. The van der Waals surface area contributed by atoms with Gasteiger partial charge in [-0.05, 0) is 24.3 Å². The summed E-state index contributed by atoms with van der Waals surface area (Å²) in [7, 11) is -9.89. The van der Waals surface area contributed by atoms with Crippen molar-refractivity contribution in [2.75, 3.05) is 88.8 Å². The van der Waals surface area contributed by atoms with Crippen molar-refractivity contribution >= 4 is 60.3 Å². The number of hydrogen-bond donors (Lipinski definition) is 0. The summed E-state index contributed by atoms with van der Waals surface area (Å²) >= 11 is 0. The van der Waals surface area contributed by atoms with Gasteiger partial charge in [0.25, 0.3) is 0 Å². The molecule has 19 heteroatoms. The van der Waals surface area contributed by atoms with Crippen LogP contribution in [0.4, 0.5) is 20.2 Å². The second-order valence-electron chi connectivity index (χ2n) is 8.08. The maximum absolute atomic E-state index is 14.2. The van der Waals surface area contributed by atoms with E-state index < -0.39 is 20.5 Å². The molecule has 0 saturated carbocycles. The summed E-state index contributed by atoms with van der Waals surface area (Å²) in [5, 5.41) is 0. The molecule has 0 spiro atoms. The molecule has 2 aromatic carbocycles. The van der Waals surface area contributed by atoms with Crippen LogP contribution in [-0.2, 0) is 18.9 Å². The number of rotatable bonds is 2. The van der Waals surface area contributed by atoms with Crippen molar-refractivity contribution in [2.24, 2.45) is 0 Å². The number of para-hydroxylation sites is 2. The molecule has 1 fully saturated rings. The van der Waals surface area contributed by atoms with Crippen molar-refractivity contribution in [3.63, 3.8) is 0 Å². The van der Waals surface area contributed by atoms with E-state index in [9.17, 15) is 8.78 Å². The first-order chi connectivity index (χ1) is 19.8. The molecule has 43 heavy (non-hydrogen) atoms. The molecule has 0 aromatic heterocycles. The molecule has 1 aliphatic heterocycles. The Balaban J connectivity index is 0.00000139. The molecule has 3 rings (SSSR count). The smallest absolute Gasteiger partial charge is 0.377 e. The topological polar surface area (TPSA) is 228 Å². The zero-order valence-electron chi connectivity index (χ0n) is 23.1. The number of nitrogens with zero attached hydrogens (tertiary/aromatic N) is 2. The van der Waals surface area contributed by atoms with E-state index >= 15 is 0 Å². The van der Waals surface area contributed by atoms with Gasteiger partial charge in [0.2, 0.25) is 0 Å². The summed E-state index contributed by atoms with van der Waals surface area (Å²) in [6.07, 6.45) is 0. The molecule has 0 atom stereocenters. The molecule has 1 heterocycles. The van der Waals surface area contributed by atoms with Gasteiger partial charge in [-0.1, -0.05) is 24.3 Å². The number of benzene rings is 2. The first kappa shape index (κ1) is 42.6. The van der Waals surface area contributed by atoms with E-state index in [1.165, 1.54) is 12.1 Å². The fraction of sp³-hybridized carbons (Fsp3) is 0.500. The second-order valence-corrected chi connectivity index (χ2v) is 9.59. The quantitative estimate of drug-likeness (QED) is 0.258. The maximum atomic E-state index is 14.2. The average molecular weight is 787 g/mol. The van der Waals surface area contributed by atoms with Gasteiger partial charge in [-0.3, -0.25) is 0 Å². The molecule has 0 radical (unpaired) electrons. The normalized spacial score (nSPS) is 16.7. The van der Waals surface area contributed by atoms with Crippen molar-refractivity contribution in [1.82, 2.24) is 0 Å². The summed E-state index contributed by atoms with van der Waals surface area (Å²) in [4.78, 5) is 3.85. The first-order valence-corrected chi connectivity index (χ1v) is 14.8. The predicted octanol–water partition coefficient (Wildman–Crippen LogP) is -6.54. The van der Waals surface area contributed by atoms with E-state index in [0.717, 1.165) is 0 Å². The molecule has 240 valence electrons. The van der Waals surface area contributed by atoms with Gasteiger partial charge in [-0.15, -0.1) is 20.5 Å². The zero-order valence-corrected chi connectivity index (χ0v) is 29.1. The Morgan fingerprint density at radius 1 is 0.465 bits per heavy atom. The van der Waals surface area contributed by atoms with Crippen LogP contribution in [0.3, 0.4) is 0 Å². The summed E-state index contributed by atoms with van der Waals surface area (Å²) in [5.74, 6) is -0.526. The van der Waals surface area contributed by atoms with E-state index in [0.29, 0.717) is 90.4 Å². The van der Waals surface area contributed by atoms with E-state index in [-0.39, 0.29) is 60.5 Å². The zero-order chi connectivity index (χ0) is 31.4. The van der Waals surface area contributed by atoms with Crippen molar-refractivity contribution in [1.29, 1.82) is 0 Å². The van der Waals surface area contributed by atoms with Crippen LogP contribution in [0.15, 0.2) is 48.5 Å². The van der Waals surface area contributed by atoms with Crippen LogP contribution in [0, 0.1) is 32.1 Å². The van der Waals surface area contributed by atoms with Gasteiger partial charge in [0.1, 0.15) is 11.6 Å². The third-order valence-corrected chi connectivity index (χ3v) is 5.15. The minimum atomic E-state index is -4.94. The molecule has 0 unspecified atom stereocenters. The molecular formula is C24H32BaCl2F2N2O12. The molecule has 0 N–H and O–H groups in total. The largest absolute Gasteiger partial charge is 2.00 e. The molecule has 14 nitrogen and oxygen atoms in total. The van der Waals surface area contributed by atoms with Crippen molar-refractivity contribution in [3.05, 3.63) is 60.2 Å². The fourth-order valence-electron chi connectivity index (χ4n) is 3.46. The fourth-order valence-corrected chi connectivity index (χ4v) is 3.46. The summed E-state index contributed by atoms with van der Waals surface area (Å²) in [6.45, 7) is 5.70. The summed E-state index contributed by atoms with van der Waals surface area (Å²) in [5.41, 5.74) is 1.07. The third kappa shape index (κ3) is 24.5. The van der Waals surface area contributed by atoms with Crippen LogP contribution < -0.4 is 47.1 Å². The van der Waals surface area contributed by atoms with Gasteiger partial charge in [-0.25, -0.2) is 46.1 Å². The van der Waals surface area contributed by atoms with E-state index in [2.05, 4.69) is 0 Å². The van der Waals surface area contributed by atoms with Crippen LogP contribution in [0.25, 0.3) is 0 Å². The van der Waals surface area contributed by atoms with Crippen LogP contribution >= 0.6 is 0 Å². The standard InChI is InChI=1S/C24H32F2N2O4.Ba.2ClHO4/c25-21-5-1-3-7-23(21)27-9-13-29-17-19-31-15-11-28(24-8-4-2-6-22(24)26)12-16-32-20-18-30-14-10-27;;2*2-1(3,4)5/h1-8H,9-20H2;;2*(H,2,3,4,5)/q;+2;;/p-2. The first-order valence-electron chi connectivity index (χ1n) is 12.3. The maximum Gasteiger partial charge on any atom is 2.00 e. The average Bonchev–Trinajstić information content (AvgIpc) is 2.88. The minimum absolute atomic E-state index is 0. The Labute approximate surface area is 292 Å². The molecule has 0 aliphatic carbocycles. The predicted molar refractivity (Wildman–Crippen MR) is 126 cm³/mol. The van der Waals surface area contributed by atoms with Crippen molar-refractivity contribution in [2.45, 2.75) is 0 Å². The van der Waals surface area contributed by atoms with Gasteiger partial charge in [0, 0.05) is 26.2 Å². The van der Waals surface area contributed by atoms with Crippen molar-refractivity contribution < 1.29 is 85.5 Å². The number of ether oxygens (including phenoxy) is 4. The van der Waals surface area contributed by atoms with E-state index in [4.69, 9.17) is 56.2 Å². The van der Waals surface area contributed by atoms with Crippen LogP contribution in [0.2, 0.25) is 0 Å². The molecular weight excluding hydrogens is 754 g/mol. The Morgan fingerprint density at radius 2 is 0.698 bits per heavy atom. The van der Waals surface area contributed by atoms with Crippen LogP contribution in [0.1, 0.15) is 0 Å². The number of halogens is 4. The molecule has 1 aliphatic rings. The Kier molecular flexibility index (Phi) is 23.6. The Morgan fingerprint density at radius 3 is 0.930 bits per heavy atom. The van der Waals surface area contributed by atoms with Gasteiger partial charge >= 0.3 is 48.9 Å². The van der Waals surface area contributed by atoms with Crippen molar-refractivity contribution in [3.8, 4) is 0 Å². The summed E-state index contributed by atoms with van der Waals surface area (Å²) < 4.78 is 119. The number of hydrogen-bond acceptors (Lipinski definition) is 14. The van der Waals surface area contributed by atoms with E-state index in [1.54, 1.807) is 24.3 Å².